The number of amides is 1. The molecule has 1 saturated carbocycles. The van der Waals surface area contributed by atoms with Crippen molar-refractivity contribution in [3.05, 3.63) is 78.2 Å². The van der Waals surface area contributed by atoms with E-state index in [-0.39, 0.29) is 18.0 Å². The second kappa shape index (κ2) is 7.93. The number of pyridine rings is 2. The number of hydrogen-bond donors (Lipinski definition) is 1. The van der Waals surface area contributed by atoms with Crippen molar-refractivity contribution < 1.29 is 18.0 Å². The fourth-order valence-corrected chi connectivity index (χ4v) is 4.85. The fraction of sp³-hybridized carbons (Fsp3) is 0.292. The molecule has 2 bridgehead atoms. The van der Waals surface area contributed by atoms with Crippen molar-refractivity contribution in [2.75, 3.05) is 11.9 Å². The van der Waals surface area contributed by atoms with Gasteiger partial charge in [0.25, 0.3) is 5.91 Å². The lowest BCUT2D eigenvalue weighted by atomic mass is 9.98. The summed E-state index contributed by atoms with van der Waals surface area (Å²) in [5, 5.41) is 3.25. The molecule has 1 N–H and O–H groups in total. The number of carbonyl (C=O) groups is 1. The normalized spacial score (nSPS) is 22.2. The average molecular weight is 438 g/mol. The Morgan fingerprint density at radius 2 is 1.88 bits per heavy atom. The van der Waals surface area contributed by atoms with E-state index in [4.69, 9.17) is 0 Å². The topological polar surface area (TPSA) is 58.1 Å². The third-order valence-corrected chi connectivity index (χ3v) is 6.30. The van der Waals surface area contributed by atoms with Gasteiger partial charge in [-0.25, -0.2) is 4.98 Å². The maximum Gasteiger partial charge on any atom is 0.417 e. The van der Waals surface area contributed by atoms with E-state index >= 15 is 0 Å². The molecule has 0 unspecified atom stereocenters. The molecule has 1 aliphatic carbocycles. The number of hydrogen-bond acceptors (Lipinski definition) is 4. The van der Waals surface area contributed by atoms with Gasteiger partial charge >= 0.3 is 6.18 Å². The van der Waals surface area contributed by atoms with Crippen LogP contribution in [0.15, 0.2) is 67.1 Å². The van der Waals surface area contributed by atoms with Crippen LogP contribution in [-0.2, 0) is 6.18 Å². The third-order valence-electron chi connectivity index (χ3n) is 6.30. The van der Waals surface area contributed by atoms with Crippen LogP contribution < -0.4 is 5.32 Å². The Kier molecular flexibility index (Phi) is 5.07. The van der Waals surface area contributed by atoms with Crippen molar-refractivity contribution in [1.29, 1.82) is 0 Å². The molecule has 1 aromatic carbocycles. The fourth-order valence-electron chi connectivity index (χ4n) is 4.85. The number of rotatable bonds is 4. The van der Waals surface area contributed by atoms with Gasteiger partial charge in [0, 0.05) is 42.3 Å². The molecule has 1 amide bonds. The van der Waals surface area contributed by atoms with Crippen molar-refractivity contribution >= 4 is 11.7 Å². The number of halogens is 3. The Balaban J connectivity index is 1.35. The molecular formula is C24H21F3N4O. The van der Waals surface area contributed by atoms with Crippen molar-refractivity contribution in [2.45, 2.75) is 31.1 Å². The first-order chi connectivity index (χ1) is 15.4. The smallest absolute Gasteiger partial charge is 0.365 e. The summed E-state index contributed by atoms with van der Waals surface area (Å²) in [6, 6.07) is 13.6. The molecule has 1 aliphatic heterocycles. The number of piperidine rings is 1. The number of carbonyl (C=O) groups excluding carboxylic acids is 1. The van der Waals surface area contributed by atoms with Crippen LogP contribution in [0.1, 0.15) is 28.8 Å². The quantitative estimate of drug-likeness (QED) is 0.631. The second-order valence-corrected chi connectivity index (χ2v) is 8.33. The third kappa shape index (κ3) is 3.81. The first-order valence-corrected chi connectivity index (χ1v) is 10.5. The highest BCUT2D eigenvalue weighted by atomic mass is 19.4. The zero-order valence-corrected chi connectivity index (χ0v) is 17.1. The largest absolute Gasteiger partial charge is 0.417 e. The van der Waals surface area contributed by atoms with Gasteiger partial charge in [-0.05, 0) is 48.6 Å². The van der Waals surface area contributed by atoms with Crippen LogP contribution in [0.25, 0.3) is 11.1 Å². The molecule has 0 spiro atoms. The standard InChI is InChI=1S/C24H21F3N4O/c25-24(26,27)17-7-8-22(29-13-17)30-20-10-15-11-21(20)31(14-15)23(32)19-6-2-1-5-18(19)16-4-3-9-28-12-16/h1-9,12-13,15,20-21H,10-11,14H2,(H,29,30)/t15-,20-,21+/m1/s1. The van der Waals surface area contributed by atoms with E-state index in [1.807, 2.05) is 41.3 Å². The van der Waals surface area contributed by atoms with E-state index in [9.17, 15) is 18.0 Å². The molecule has 5 nitrogen and oxygen atoms in total. The molecule has 3 aromatic rings. The lowest BCUT2D eigenvalue weighted by Gasteiger charge is -2.34. The van der Waals surface area contributed by atoms with E-state index in [1.165, 1.54) is 6.07 Å². The number of alkyl halides is 3. The molecule has 0 radical (unpaired) electrons. The van der Waals surface area contributed by atoms with Crippen LogP contribution in [0.4, 0.5) is 19.0 Å². The first kappa shape index (κ1) is 20.5. The Bertz CT molecular complexity index is 1120. The Morgan fingerprint density at radius 3 is 2.56 bits per heavy atom. The van der Waals surface area contributed by atoms with Crippen molar-refractivity contribution in [3.63, 3.8) is 0 Å². The lowest BCUT2D eigenvalue weighted by molar-refractivity contribution is -0.137. The highest BCUT2D eigenvalue weighted by Gasteiger charge is 2.47. The average Bonchev–Trinajstić information content (AvgIpc) is 3.40. The summed E-state index contributed by atoms with van der Waals surface area (Å²) in [6.07, 6.45) is 1.59. The zero-order valence-electron chi connectivity index (χ0n) is 17.1. The summed E-state index contributed by atoms with van der Waals surface area (Å²) in [4.78, 5) is 23.5. The van der Waals surface area contributed by atoms with E-state index < -0.39 is 11.7 Å². The summed E-state index contributed by atoms with van der Waals surface area (Å²) in [5.41, 5.74) is 1.56. The summed E-state index contributed by atoms with van der Waals surface area (Å²) in [7, 11) is 0. The van der Waals surface area contributed by atoms with Gasteiger partial charge in [-0.15, -0.1) is 0 Å². The first-order valence-electron chi connectivity index (χ1n) is 10.5. The van der Waals surface area contributed by atoms with Crippen molar-refractivity contribution in [3.8, 4) is 11.1 Å². The van der Waals surface area contributed by atoms with Gasteiger partial charge in [-0.1, -0.05) is 24.3 Å². The number of anilines is 1. The van der Waals surface area contributed by atoms with Crippen LogP contribution in [-0.4, -0.2) is 39.4 Å². The molecule has 2 aliphatic rings. The van der Waals surface area contributed by atoms with Gasteiger partial charge < -0.3 is 10.2 Å². The van der Waals surface area contributed by atoms with Crippen LogP contribution >= 0.6 is 0 Å². The molecule has 3 atom stereocenters. The van der Waals surface area contributed by atoms with Gasteiger partial charge in [0.15, 0.2) is 0 Å². The molecule has 3 heterocycles. The maximum absolute atomic E-state index is 13.5. The predicted octanol–water partition coefficient (Wildman–Crippen LogP) is 4.88. The summed E-state index contributed by atoms with van der Waals surface area (Å²) < 4.78 is 38.4. The Morgan fingerprint density at radius 1 is 1.03 bits per heavy atom. The summed E-state index contributed by atoms with van der Waals surface area (Å²) >= 11 is 0. The number of nitrogens with zero attached hydrogens (tertiary/aromatic N) is 3. The second-order valence-electron chi connectivity index (χ2n) is 8.33. The van der Waals surface area contributed by atoms with Crippen LogP contribution in [0, 0.1) is 5.92 Å². The minimum atomic E-state index is -4.41. The molecule has 2 aromatic heterocycles. The van der Waals surface area contributed by atoms with Crippen molar-refractivity contribution in [2.24, 2.45) is 5.92 Å². The van der Waals surface area contributed by atoms with Gasteiger partial charge in [-0.2, -0.15) is 13.2 Å². The lowest BCUT2D eigenvalue weighted by Crippen LogP contribution is -2.47. The van der Waals surface area contributed by atoms with E-state index in [2.05, 4.69) is 15.3 Å². The predicted molar refractivity (Wildman–Crippen MR) is 114 cm³/mol. The van der Waals surface area contributed by atoms with Crippen LogP contribution in [0.2, 0.25) is 0 Å². The van der Waals surface area contributed by atoms with E-state index in [0.717, 1.165) is 36.2 Å². The Labute approximate surface area is 183 Å². The molecular weight excluding hydrogens is 417 g/mol. The highest BCUT2D eigenvalue weighted by Crippen LogP contribution is 2.40. The zero-order chi connectivity index (χ0) is 22.3. The summed E-state index contributed by atoms with van der Waals surface area (Å²) in [6.45, 7) is 0.684. The molecule has 5 rings (SSSR count). The molecule has 8 heteroatoms. The minimum Gasteiger partial charge on any atom is -0.365 e. The van der Waals surface area contributed by atoms with Crippen LogP contribution in [0.3, 0.4) is 0 Å². The van der Waals surface area contributed by atoms with Crippen LogP contribution in [0.5, 0.6) is 0 Å². The highest BCUT2D eigenvalue weighted by molar-refractivity contribution is 6.01. The van der Waals surface area contributed by atoms with Gasteiger partial charge in [0.1, 0.15) is 5.82 Å². The van der Waals surface area contributed by atoms with Gasteiger partial charge in [0.05, 0.1) is 11.6 Å². The summed E-state index contributed by atoms with van der Waals surface area (Å²) in [5.74, 6) is 0.712. The molecule has 164 valence electrons. The van der Waals surface area contributed by atoms with Gasteiger partial charge in [0.2, 0.25) is 0 Å². The number of fused-ring (bicyclic) bond motifs is 2. The number of aromatic nitrogens is 2. The maximum atomic E-state index is 13.5. The van der Waals surface area contributed by atoms with Crippen molar-refractivity contribution in [1.82, 2.24) is 14.9 Å². The molecule has 2 fully saturated rings. The number of benzene rings is 1. The van der Waals surface area contributed by atoms with E-state index in [0.29, 0.717) is 23.8 Å². The van der Waals surface area contributed by atoms with E-state index in [1.54, 1.807) is 12.4 Å². The molecule has 32 heavy (non-hydrogen) atoms. The monoisotopic (exact) mass is 438 g/mol. The SMILES string of the molecule is O=C(c1ccccc1-c1cccnc1)N1C[C@@H]2C[C@@H](Nc3ccc(C(F)(F)F)cn3)[C@@H]1C2. The van der Waals surface area contributed by atoms with Gasteiger partial charge in [-0.3, -0.25) is 9.78 Å². The Hall–Kier alpha value is -3.42. The number of nitrogens with one attached hydrogen (secondary N) is 1. The number of likely N-dealkylation sites (tertiary alicyclic amines) is 1. The molecule has 1 saturated heterocycles. The minimum absolute atomic E-state index is 0.0291.